The first-order valence-electron chi connectivity index (χ1n) is 7.20. The predicted octanol–water partition coefficient (Wildman–Crippen LogP) is 2.73. The summed E-state index contributed by atoms with van der Waals surface area (Å²) in [5.74, 6) is -0.0186. The number of H-pyrrole nitrogens is 1. The van der Waals surface area contributed by atoms with Gasteiger partial charge in [0.2, 0.25) is 0 Å². The fourth-order valence-corrected chi connectivity index (χ4v) is 2.75. The van der Waals surface area contributed by atoms with Crippen molar-refractivity contribution < 1.29 is 9.53 Å². The van der Waals surface area contributed by atoms with E-state index in [1.165, 1.54) is 0 Å². The normalized spacial score (nSPS) is 18.0. The molecule has 2 aromatic carbocycles. The van der Waals surface area contributed by atoms with E-state index in [0.717, 1.165) is 16.6 Å². The van der Waals surface area contributed by atoms with Crippen molar-refractivity contribution in [2.75, 3.05) is 13.3 Å². The van der Waals surface area contributed by atoms with E-state index in [0.29, 0.717) is 18.8 Å². The fourth-order valence-electron chi connectivity index (χ4n) is 2.75. The predicted molar refractivity (Wildman–Crippen MR) is 82.3 cm³/mol. The van der Waals surface area contributed by atoms with Gasteiger partial charge in [0.15, 0.2) is 0 Å². The molecule has 1 aliphatic rings. The Morgan fingerprint density at radius 1 is 1.23 bits per heavy atom. The molecule has 110 valence electrons. The molecule has 1 fully saturated rings. The molecule has 4 rings (SSSR count). The largest absolute Gasteiger partial charge is 0.351 e. The minimum atomic E-state index is -0.0546. The van der Waals surface area contributed by atoms with Gasteiger partial charge in [-0.25, -0.2) is 4.98 Å². The molecule has 5 heteroatoms. The van der Waals surface area contributed by atoms with Gasteiger partial charge in [0, 0.05) is 5.56 Å². The average Bonchev–Trinajstić information content (AvgIpc) is 3.23. The first kappa shape index (κ1) is 13.0. The zero-order valence-electron chi connectivity index (χ0n) is 11.9. The van der Waals surface area contributed by atoms with E-state index < -0.39 is 0 Å². The third-order valence-corrected chi connectivity index (χ3v) is 3.94. The average molecular weight is 293 g/mol. The van der Waals surface area contributed by atoms with Gasteiger partial charge in [0.1, 0.15) is 12.8 Å². The summed E-state index contributed by atoms with van der Waals surface area (Å²) in [4.78, 5) is 21.5. The number of hydrogen-bond donors (Lipinski definition) is 1. The number of benzene rings is 2. The highest BCUT2D eigenvalue weighted by Crippen LogP contribution is 2.25. The summed E-state index contributed by atoms with van der Waals surface area (Å²) in [6, 6.07) is 15.5. The second kappa shape index (κ2) is 5.27. The molecule has 1 aromatic heterocycles. The van der Waals surface area contributed by atoms with E-state index >= 15 is 0 Å². The van der Waals surface area contributed by atoms with Gasteiger partial charge < -0.3 is 14.6 Å². The van der Waals surface area contributed by atoms with Crippen molar-refractivity contribution in [3.05, 3.63) is 66.0 Å². The van der Waals surface area contributed by atoms with Crippen LogP contribution in [0.15, 0.2) is 54.9 Å². The van der Waals surface area contributed by atoms with Crippen LogP contribution in [-0.2, 0) is 4.74 Å². The molecule has 1 atom stereocenters. The van der Waals surface area contributed by atoms with Crippen LogP contribution in [0, 0.1) is 0 Å². The number of fused-ring (bicyclic) bond motifs is 1. The summed E-state index contributed by atoms with van der Waals surface area (Å²) in [7, 11) is 0. The minimum Gasteiger partial charge on any atom is -0.351 e. The van der Waals surface area contributed by atoms with Gasteiger partial charge in [-0.05, 0) is 23.8 Å². The summed E-state index contributed by atoms with van der Waals surface area (Å²) >= 11 is 0. The van der Waals surface area contributed by atoms with Gasteiger partial charge in [-0.2, -0.15) is 0 Å². The Morgan fingerprint density at radius 2 is 2.09 bits per heavy atom. The van der Waals surface area contributed by atoms with Crippen molar-refractivity contribution in [2.24, 2.45) is 0 Å². The number of hydrogen-bond acceptors (Lipinski definition) is 3. The lowest BCUT2D eigenvalue weighted by Crippen LogP contribution is -2.28. The minimum absolute atomic E-state index is 0.0186. The summed E-state index contributed by atoms with van der Waals surface area (Å²) in [6.45, 7) is 0.892. The number of imidazole rings is 1. The molecule has 0 aliphatic carbocycles. The fraction of sp³-hybridized carbons (Fsp3) is 0.176. The third kappa shape index (κ3) is 2.25. The van der Waals surface area contributed by atoms with Crippen LogP contribution in [0.1, 0.15) is 22.0 Å². The van der Waals surface area contributed by atoms with E-state index in [1.54, 1.807) is 17.3 Å². The second-order valence-corrected chi connectivity index (χ2v) is 5.36. The number of aromatic amines is 1. The van der Waals surface area contributed by atoms with Gasteiger partial charge in [0.05, 0.1) is 23.9 Å². The standard InChI is InChI=1S/C17H15N3O2/c21-17(13-6-7-14-15(8-13)19-10-18-14)20-9-16(22-11-20)12-4-2-1-3-5-12/h1-8,10,16H,9,11H2,(H,18,19). The maximum atomic E-state index is 12.6. The SMILES string of the molecule is O=C(c1ccc2nc[nH]c2c1)N1COC(c2ccccc2)C1. The number of rotatable bonds is 2. The molecule has 0 saturated carbocycles. The maximum absolute atomic E-state index is 12.6. The quantitative estimate of drug-likeness (QED) is 0.790. The van der Waals surface area contributed by atoms with Crippen LogP contribution in [0.5, 0.6) is 0 Å². The number of nitrogens with zero attached hydrogens (tertiary/aromatic N) is 2. The first-order valence-corrected chi connectivity index (χ1v) is 7.20. The first-order chi connectivity index (χ1) is 10.8. The smallest absolute Gasteiger partial charge is 0.255 e. The molecule has 0 radical (unpaired) electrons. The van der Waals surface area contributed by atoms with Crippen molar-refractivity contribution in [3.63, 3.8) is 0 Å². The molecule has 1 saturated heterocycles. The Hall–Kier alpha value is -2.66. The van der Waals surface area contributed by atoms with Crippen molar-refractivity contribution in [1.82, 2.24) is 14.9 Å². The molecule has 2 heterocycles. The van der Waals surface area contributed by atoms with Gasteiger partial charge >= 0.3 is 0 Å². The topological polar surface area (TPSA) is 58.2 Å². The molecule has 1 N–H and O–H groups in total. The van der Waals surface area contributed by atoms with Crippen molar-refractivity contribution >= 4 is 16.9 Å². The monoisotopic (exact) mass is 293 g/mol. The van der Waals surface area contributed by atoms with Crippen molar-refractivity contribution in [3.8, 4) is 0 Å². The van der Waals surface area contributed by atoms with Gasteiger partial charge in [-0.15, -0.1) is 0 Å². The highest BCUT2D eigenvalue weighted by molar-refractivity contribution is 5.97. The summed E-state index contributed by atoms with van der Waals surface area (Å²) in [5.41, 5.74) is 3.47. The molecular weight excluding hydrogens is 278 g/mol. The number of carbonyl (C=O) groups excluding carboxylic acids is 1. The molecule has 1 unspecified atom stereocenters. The Bertz CT molecular complexity index is 813. The Kier molecular flexibility index (Phi) is 3.12. The molecule has 0 bridgehead atoms. The van der Waals surface area contributed by atoms with E-state index in [4.69, 9.17) is 4.74 Å². The number of carbonyl (C=O) groups is 1. The van der Waals surface area contributed by atoms with Crippen molar-refractivity contribution in [2.45, 2.75) is 6.10 Å². The lowest BCUT2D eigenvalue weighted by Gasteiger charge is -2.14. The lowest BCUT2D eigenvalue weighted by molar-refractivity contribution is 0.0630. The van der Waals surface area contributed by atoms with Crippen molar-refractivity contribution in [1.29, 1.82) is 0 Å². The zero-order valence-corrected chi connectivity index (χ0v) is 11.9. The second-order valence-electron chi connectivity index (χ2n) is 5.36. The van der Waals surface area contributed by atoms with Gasteiger partial charge in [-0.1, -0.05) is 30.3 Å². The van der Waals surface area contributed by atoms with Crippen LogP contribution in [-0.4, -0.2) is 34.1 Å². The molecule has 1 amide bonds. The maximum Gasteiger partial charge on any atom is 0.255 e. The highest BCUT2D eigenvalue weighted by atomic mass is 16.5. The number of nitrogens with one attached hydrogen (secondary N) is 1. The van der Waals surface area contributed by atoms with Gasteiger partial charge in [-0.3, -0.25) is 4.79 Å². The molecule has 3 aromatic rings. The van der Waals surface area contributed by atoms with Crippen LogP contribution in [0.2, 0.25) is 0 Å². The lowest BCUT2D eigenvalue weighted by atomic mass is 10.1. The van der Waals surface area contributed by atoms with Crippen LogP contribution in [0.25, 0.3) is 11.0 Å². The van der Waals surface area contributed by atoms with Crippen LogP contribution >= 0.6 is 0 Å². The third-order valence-electron chi connectivity index (χ3n) is 3.94. The molecular formula is C17H15N3O2. The molecule has 22 heavy (non-hydrogen) atoms. The summed E-state index contributed by atoms with van der Waals surface area (Å²) in [5, 5.41) is 0. The van der Waals surface area contributed by atoms with E-state index in [-0.39, 0.29) is 12.0 Å². The zero-order chi connectivity index (χ0) is 14.9. The van der Waals surface area contributed by atoms with E-state index in [9.17, 15) is 4.79 Å². The number of ether oxygens (including phenoxy) is 1. The van der Waals surface area contributed by atoms with Crippen LogP contribution in [0.3, 0.4) is 0 Å². The van der Waals surface area contributed by atoms with Crippen LogP contribution < -0.4 is 0 Å². The van der Waals surface area contributed by atoms with E-state index in [2.05, 4.69) is 9.97 Å². The summed E-state index contributed by atoms with van der Waals surface area (Å²) in [6.07, 6.45) is 1.57. The molecule has 0 spiro atoms. The van der Waals surface area contributed by atoms with E-state index in [1.807, 2.05) is 42.5 Å². The van der Waals surface area contributed by atoms with Crippen LogP contribution in [0.4, 0.5) is 0 Å². The number of amides is 1. The molecule has 1 aliphatic heterocycles. The Labute approximate surface area is 127 Å². The number of aromatic nitrogens is 2. The Balaban J connectivity index is 1.54. The highest BCUT2D eigenvalue weighted by Gasteiger charge is 2.28. The Morgan fingerprint density at radius 3 is 2.95 bits per heavy atom. The van der Waals surface area contributed by atoms with Gasteiger partial charge in [0.25, 0.3) is 5.91 Å². The molecule has 5 nitrogen and oxygen atoms in total. The summed E-state index contributed by atoms with van der Waals surface area (Å²) < 4.78 is 5.75.